The quantitative estimate of drug-likeness (QED) is 0.635. The minimum Gasteiger partial charge on any atom is -0.371 e. The zero-order valence-corrected chi connectivity index (χ0v) is 14.8. The molecule has 0 bridgehead atoms. The first-order valence-corrected chi connectivity index (χ1v) is 8.73. The normalized spacial score (nSPS) is 11.1. The second kappa shape index (κ2) is 10.1. The largest absolute Gasteiger partial charge is 0.371 e. The first-order chi connectivity index (χ1) is 10.1. The molecule has 0 atom stereocenters. The highest BCUT2D eigenvalue weighted by Gasteiger charge is 2.09. The molecule has 0 aliphatic heterocycles. The number of benzene rings is 1. The number of nitrogens with zero attached hydrogens (tertiary/aromatic N) is 1. The van der Waals surface area contributed by atoms with Crippen molar-refractivity contribution in [2.45, 2.75) is 66.0 Å². The second-order valence-corrected chi connectivity index (χ2v) is 6.41. The van der Waals surface area contributed by atoms with E-state index in [9.17, 15) is 0 Å². The molecular weight excluding hydrogens is 280 g/mol. The Hall–Kier alpha value is -0.730. The van der Waals surface area contributed by atoms with Gasteiger partial charge in [0.15, 0.2) is 0 Å². The molecule has 21 heavy (non-hydrogen) atoms. The second-order valence-electron chi connectivity index (χ2n) is 6.01. The molecule has 0 amide bonds. The Morgan fingerprint density at radius 3 is 2.19 bits per heavy atom. The van der Waals surface area contributed by atoms with Crippen LogP contribution in [0.3, 0.4) is 0 Å². The maximum atomic E-state index is 6.46. The molecule has 1 N–H and O–H groups in total. The monoisotopic (exact) mass is 310 g/mol. The first kappa shape index (κ1) is 18.3. The molecule has 2 nitrogen and oxygen atoms in total. The summed E-state index contributed by atoms with van der Waals surface area (Å²) in [6.07, 6.45) is 4.93. The zero-order valence-electron chi connectivity index (χ0n) is 14.1. The molecule has 0 aromatic heterocycles. The SMILES string of the molecule is CCCCN(CCCC)c1ccc(CNC(C)C)c(Cl)c1. The van der Waals surface area contributed by atoms with E-state index in [1.807, 2.05) is 0 Å². The average molecular weight is 311 g/mol. The minimum atomic E-state index is 0.478. The summed E-state index contributed by atoms with van der Waals surface area (Å²) in [6, 6.07) is 6.99. The van der Waals surface area contributed by atoms with Crippen LogP contribution >= 0.6 is 11.6 Å². The van der Waals surface area contributed by atoms with Crippen molar-refractivity contribution in [2.75, 3.05) is 18.0 Å². The molecule has 0 heterocycles. The summed E-state index contributed by atoms with van der Waals surface area (Å²) in [5.41, 5.74) is 2.44. The lowest BCUT2D eigenvalue weighted by molar-refractivity contribution is 0.589. The number of rotatable bonds is 10. The Kier molecular flexibility index (Phi) is 8.79. The summed E-state index contributed by atoms with van der Waals surface area (Å²) in [7, 11) is 0. The lowest BCUT2D eigenvalue weighted by Gasteiger charge is -2.25. The topological polar surface area (TPSA) is 15.3 Å². The van der Waals surface area contributed by atoms with Crippen molar-refractivity contribution in [1.29, 1.82) is 0 Å². The van der Waals surface area contributed by atoms with Gasteiger partial charge in [0.25, 0.3) is 0 Å². The molecule has 0 radical (unpaired) electrons. The van der Waals surface area contributed by atoms with Gasteiger partial charge in [-0.15, -0.1) is 0 Å². The highest BCUT2D eigenvalue weighted by atomic mass is 35.5. The smallest absolute Gasteiger partial charge is 0.0471 e. The fraction of sp³-hybridized carbons (Fsp3) is 0.667. The molecule has 0 saturated heterocycles. The van der Waals surface area contributed by atoms with Crippen LogP contribution in [-0.4, -0.2) is 19.1 Å². The van der Waals surface area contributed by atoms with Crippen molar-refractivity contribution in [3.05, 3.63) is 28.8 Å². The van der Waals surface area contributed by atoms with Crippen molar-refractivity contribution >= 4 is 17.3 Å². The third-order valence-electron chi connectivity index (χ3n) is 3.67. The van der Waals surface area contributed by atoms with Gasteiger partial charge in [-0.05, 0) is 30.5 Å². The van der Waals surface area contributed by atoms with Crippen LogP contribution in [0.25, 0.3) is 0 Å². The van der Waals surface area contributed by atoms with E-state index in [1.54, 1.807) is 0 Å². The van der Waals surface area contributed by atoms with Gasteiger partial charge >= 0.3 is 0 Å². The van der Waals surface area contributed by atoms with E-state index in [2.05, 4.69) is 56.1 Å². The van der Waals surface area contributed by atoms with Gasteiger partial charge in [-0.2, -0.15) is 0 Å². The van der Waals surface area contributed by atoms with Gasteiger partial charge in [0, 0.05) is 36.4 Å². The van der Waals surface area contributed by atoms with Crippen LogP contribution in [-0.2, 0) is 6.54 Å². The summed E-state index contributed by atoms with van der Waals surface area (Å²) < 4.78 is 0. The van der Waals surface area contributed by atoms with Crippen LogP contribution in [0.5, 0.6) is 0 Å². The van der Waals surface area contributed by atoms with E-state index in [-0.39, 0.29) is 0 Å². The van der Waals surface area contributed by atoms with E-state index in [0.717, 1.165) is 24.7 Å². The maximum Gasteiger partial charge on any atom is 0.0471 e. The lowest BCUT2D eigenvalue weighted by atomic mass is 10.1. The molecule has 0 fully saturated rings. The van der Waals surface area contributed by atoms with Crippen molar-refractivity contribution in [3.63, 3.8) is 0 Å². The van der Waals surface area contributed by atoms with Crippen LogP contribution < -0.4 is 10.2 Å². The zero-order chi connectivity index (χ0) is 15.7. The average Bonchev–Trinajstić information content (AvgIpc) is 2.46. The van der Waals surface area contributed by atoms with E-state index in [1.165, 1.54) is 36.9 Å². The highest BCUT2D eigenvalue weighted by molar-refractivity contribution is 6.31. The molecule has 0 unspecified atom stereocenters. The van der Waals surface area contributed by atoms with Crippen LogP contribution in [0.1, 0.15) is 58.9 Å². The van der Waals surface area contributed by atoms with E-state index < -0.39 is 0 Å². The third kappa shape index (κ3) is 6.71. The summed E-state index contributed by atoms with van der Waals surface area (Å²) in [4.78, 5) is 2.47. The van der Waals surface area contributed by atoms with E-state index >= 15 is 0 Å². The van der Waals surface area contributed by atoms with Crippen molar-refractivity contribution < 1.29 is 0 Å². The molecule has 120 valence electrons. The third-order valence-corrected chi connectivity index (χ3v) is 4.02. The maximum absolute atomic E-state index is 6.46. The number of halogens is 1. The molecule has 0 aliphatic rings. The van der Waals surface area contributed by atoms with Gasteiger partial charge in [0.2, 0.25) is 0 Å². The highest BCUT2D eigenvalue weighted by Crippen LogP contribution is 2.24. The summed E-state index contributed by atoms with van der Waals surface area (Å²) in [5.74, 6) is 0. The Balaban J connectivity index is 2.76. The Morgan fingerprint density at radius 1 is 1.10 bits per heavy atom. The molecule has 0 spiro atoms. The van der Waals surface area contributed by atoms with Crippen molar-refractivity contribution in [3.8, 4) is 0 Å². The number of hydrogen-bond acceptors (Lipinski definition) is 2. The van der Waals surface area contributed by atoms with Gasteiger partial charge in [0.05, 0.1) is 0 Å². The number of anilines is 1. The van der Waals surface area contributed by atoms with Gasteiger partial charge < -0.3 is 10.2 Å². The molecule has 1 aromatic carbocycles. The molecule has 0 saturated carbocycles. The number of hydrogen-bond donors (Lipinski definition) is 1. The molecule has 1 aromatic rings. The van der Waals surface area contributed by atoms with Crippen LogP contribution in [0.15, 0.2) is 18.2 Å². The molecule has 1 rings (SSSR count). The predicted molar refractivity (Wildman–Crippen MR) is 95.5 cm³/mol. The lowest BCUT2D eigenvalue weighted by Crippen LogP contribution is -2.26. The summed E-state index contributed by atoms with van der Waals surface area (Å²) in [6.45, 7) is 11.9. The predicted octanol–water partition coefficient (Wildman–Crippen LogP) is 5.24. The van der Waals surface area contributed by atoms with Crippen LogP contribution in [0.2, 0.25) is 5.02 Å². The number of nitrogens with one attached hydrogen (secondary N) is 1. The molecule has 3 heteroatoms. The van der Waals surface area contributed by atoms with E-state index in [4.69, 9.17) is 11.6 Å². The molecule has 0 aliphatic carbocycles. The Morgan fingerprint density at radius 2 is 1.71 bits per heavy atom. The minimum absolute atomic E-state index is 0.478. The van der Waals surface area contributed by atoms with Gasteiger partial charge in [-0.1, -0.05) is 58.2 Å². The van der Waals surface area contributed by atoms with Crippen molar-refractivity contribution in [1.82, 2.24) is 5.32 Å². The summed E-state index contributed by atoms with van der Waals surface area (Å²) in [5, 5.41) is 4.30. The Labute approximate surface area is 135 Å². The van der Waals surface area contributed by atoms with E-state index in [0.29, 0.717) is 6.04 Å². The Bertz CT molecular complexity index is 396. The number of unbranched alkanes of at least 4 members (excludes halogenated alkanes) is 2. The first-order valence-electron chi connectivity index (χ1n) is 8.35. The van der Waals surface area contributed by atoms with Gasteiger partial charge in [0.1, 0.15) is 0 Å². The fourth-order valence-corrected chi connectivity index (χ4v) is 2.50. The van der Waals surface area contributed by atoms with Crippen LogP contribution in [0, 0.1) is 0 Å². The van der Waals surface area contributed by atoms with Crippen molar-refractivity contribution in [2.24, 2.45) is 0 Å². The molecular formula is C18H31ClN2. The van der Waals surface area contributed by atoms with Gasteiger partial charge in [-0.25, -0.2) is 0 Å². The fourth-order valence-electron chi connectivity index (χ4n) is 2.26. The van der Waals surface area contributed by atoms with Gasteiger partial charge in [-0.3, -0.25) is 0 Å². The summed E-state index contributed by atoms with van der Waals surface area (Å²) >= 11 is 6.46. The van der Waals surface area contributed by atoms with Crippen LogP contribution in [0.4, 0.5) is 5.69 Å². The standard InChI is InChI=1S/C18H31ClN2/c1-5-7-11-21(12-8-6-2)17-10-9-16(18(19)13-17)14-20-15(3)4/h9-10,13,15,20H,5-8,11-12,14H2,1-4H3.